The minimum atomic E-state index is 0.615. The lowest BCUT2D eigenvalue weighted by Crippen LogP contribution is -2.40. The fourth-order valence-corrected chi connectivity index (χ4v) is 3.84. The van der Waals surface area contributed by atoms with Crippen LogP contribution in [0.2, 0.25) is 0 Å². The number of hydrogen-bond donors (Lipinski definition) is 1. The number of nitrogens with one attached hydrogen (secondary N) is 1. The highest BCUT2D eigenvalue weighted by Gasteiger charge is 2.25. The number of nitrogens with zero attached hydrogens (tertiary/aromatic N) is 2. The molecule has 5 heteroatoms. The van der Waals surface area contributed by atoms with Gasteiger partial charge in [0, 0.05) is 39.2 Å². The molecule has 2 rings (SSSR count). The Morgan fingerprint density at radius 2 is 2.00 bits per heavy atom. The summed E-state index contributed by atoms with van der Waals surface area (Å²) in [5.74, 6) is 2.69. The first kappa shape index (κ1) is 19.5. The van der Waals surface area contributed by atoms with Crippen molar-refractivity contribution in [3.8, 4) is 0 Å². The molecule has 1 aliphatic carbocycles. The number of hydrogen-bond acceptors (Lipinski definition) is 3. The van der Waals surface area contributed by atoms with Gasteiger partial charge in [-0.15, -0.1) is 0 Å². The van der Waals surface area contributed by atoms with Crippen LogP contribution in [0.15, 0.2) is 4.99 Å². The maximum Gasteiger partial charge on any atom is 0.193 e. The normalized spacial score (nSPS) is 22.5. The summed E-state index contributed by atoms with van der Waals surface area (Å²) in [6.45, 7) is 8.41. The minimum Gasteiger partial charge on any atom is -0.382 e. The zero-order chi connectivity index (χ0) is 17.0. The van der Waals surface area contributed by atoms with E-state index in [-0.39, 0.29) is 0 Å². The molecule has 0 aromatic heterocycles. The molecular formula is C19H37N3O2. The van der Waals surface area contributed by atoms with Crippen LogP contribution in [-0.4, -0.2) is 64.0 Å². The molecule has 140 valence electrons. The molecule has 0 aromatic carbocycles. The highest BCUT2D eigenvalue weighted by molar-refractivity contribution is 5.80. The number of guanidine groups is 1. The van der Waals surface area contributed by atoms with E-state index in [0.29, 0.717) is 19.1 Å². The fourth-order valence-electron chi connectivity index (χ4n) is 3.84. The third kappa shape index (κ3) is 6.98. The Bertz CT molecular complexity index is 357. The van der Waals surface area contributed by atoms with Gasteiger partial charge in [-0.25, -0.2) is 0 Å². The molecule has 5 nitrogen and oxygen atoms in total. The summed E-state index contributed by atoms with van der Waals surface area (Å²) in [4.78, 5) is 7.28. The lowest BCUT2D eigenvalue weighted by atomic mass is 10.0. The standard InChI is InChI=1S/C19H37N3O2/c1-3-20-19(21-11-6-9-17-7-4-5-8-17)22-12-10-18(15-22)16-24-14-13-23-2/h17-18H,3-16H2,1-2H3,(H,20,21). The Morgan fingerprint density at radius 1 is 1.17 bits per heavy atom. The van der Waals surface area contributed by atoms with Gasteiger partial charge in [-0.3, -0.25) is 4.99 Å². The van der Waals surface area contributed by atoms with Gasteiger partial charge in [0.2, 0.25) is 0 Å². The summed E-state index contributed by atoms with van der Waals surface area (Å²) in [5, 5.41) is 3.47. The van der Waals surface area contributed by atoms with E-state index < -0.39 is 0 Å². The highest BCUT2D eigenvalue weighted by atomic mass is 16.5. The van der Waals surface area contributed by atoms with Gasteiger partial charge >= 0.3 is 0 Å². The molecule has 2 fully saturated rings. The summed E-state index contributed by atoms with van der Waals surface area (Å²) >= 11 is 0. The predicted molar refractivity (Wildman–Crippen MR) is 99.5 cm³/mol. The van der Waals surface area contributed by atoms with Crippen molar-refractivity contribution in [2.75, 3.05) is 53.1 Å². The Morgan fingerprint density at radius 3 is 2.75 bits per heavy atom. The smallest absolute Gasteiger partial charge is 0.193 e. The summed E-state index contributed by atoms with van der Waals surface area (Å²) in [6.07, 6.45) is 9.56. The van der Waals surface area contributed by atoms with E-state index in [0.717, 1.165) is 44.7 Å². The van der Waals surface area contributed by atoms with Crippen LogP contribution in [-0.2, 0) is 9.47 Å². The Kier molecular flexibility index (Phi) is 9.51. The maximum atomic E-state index is 5.69. The zero-order valence-electron chi connectivity index (χ0n) is 15.8. The zero-order valence-corrected chi connectivity index (χ0v) is 15.8. The van der Waals surface area contributed by atoms with E-state index in [9.17, 15) is 0 Å². The topological polar surface area (TPSA) is 46.1 Å². The highest BCUT2D eigenvalue weighted by Crippen LogP contribution is 2.28. The average molecular weight is 340 g/mol. The van der Waals surface area contributed by atoms with E-state index in [2.05, 4.69) is 17.1 Å². The molecule has 1 unspecified atom stereocenters. The molecule has 1 aliphatic heterocycles. The van der Waals surface area contributed by atoms with Crippen molar-refractivity contribution in [1.29, 1.82) is 0 Å². The van der Waals surface area contributed by atoms with E-state index in [1.54, 1.807) is 7.11 Å². The van der Waals surface area contributed by atoms with Gasteiger partial charge in [-0.05, 0) is 32.1 Å². The third-order valence-electron chi connectivity index (χ3n) is 5.21. The third-order valence-corrected chi connectivity index (χ3v) is 5.21. The number of aliphatic imine (C=N–C) groups is 1. The van der Waals surface area contributed by atoms with Gasteiger partial charge in [0.25, 0.3) is 0 Å². The van der Waals surface area contributed by atoms with E-state index in [1.807, 2.05) is 0 Å². The largest absolute Gasteiger partial charge is 0.382 e. The first-order valence-corrected chi connectivity index (χ1v) is 9.93. The lowest BCUT2D eigenvalue weighted by Gasteiger charge is -2.22. The molecule has 1 atom stereocenters. The summed E-state index contributed by atoms with van der Waals surface area (Å²) in [6, 6.07) is 0. The van der Waals surface area contributed by atoms with Crippen LogP contribution in [0.25, 0.3) is 0 Å². The monoisotopic (exact) mass is 339 g/mol. The minimum absolute atomic E-state index is 0.615. The molecule has 1 N–H and O–H groups in total. The van der Waals surface area contributed by atoms with Crippen LogP contribution in [0.4, 0.5) is 0 Å². The second kappa shape index (κ2) is 11.7. The molecule has 1 heterocycles. The van der Waals surface area contributed by atoms with Crippen LogP contribution in [0.3, 0.4) is 0 Å². The Balaban J connectivity index is 1.68. The van der Waals surface area contributed by atoms with Gasteiger partial charge in [0.1, 0.15) is 0 Å². The molecule has 1 saturated carbocycles. The van der Waals surface area contributed by atoms with Crippen molar-refractivity contribution in [2.24, 2.45) is 16.8 Å². The summed E-state index contributed by atoms with van der Waals surface area (Å²) in [5.41, 5.74) is 0. The molecule has 0 radical (unpaired) electrons. The molecule has 1 saturated heterocycles. The first-order chi connectivity index (χ1) is 11.8. The van der Waals surface area contributed by atoms with Crippen LogP contribution < -0.4 is 5.32 Å². The van der Waals surface area contributed by atoms with Gasteiger partial charge in [-0.1, -0.05) is 25.7 Å². The van der Waals surface area contributed by atoms with Gasteiger partial charge in [-0.2, -0.15) is 0 Å². The molecule has 24 heavy (non-hydrogen) atoms. The number of likely N-dealkylation sites (tertiary alicyclic amines) is 1. The van der Waals surface area contributed by atoms with Gasteiger partial charge in [0.05, 0.1) is 19.8 Å². The van der Waals surface area contributed by atoms with Crippen LogP contribution in [0.5, 0.6) is 0 Å². The molecular weight excluding hydrogens is 302 g/mol. The van der Waals surface area contributed by atoms with E-state index in [1.165, 1.54) is 44.9 Å². The maximum absolute atomic E-state index is 5.69. The van der Waals surface area contributed by atoms with E-state index in [4.69, 9.17) is 14.5 Å². The number of ether oxygens (including phenoxy) is 2. The molecule has 0 spiro atoms. The molecule has 0 aromatic rings. The van der Waals surface area contributed by atoms with Crippen molar-refractivity contribution in [3.63, 3.8) is 0 Å². The van der Waals surface area contributed by atoms with Crippen LogP contribution in [0, 0.1) is 11.8 Å². The molecule has 0 amide bonds. The van der Waals surface area contributed by atoms with Crippen molar-refractivity contribution >= 4 is 5.96 Å². The average Bonchev–Trinajstić information content (AvgIpc) is 3.26. The van der Waals surface area contributed by atoms with Crippen molar-refractivity contribution in [2.45, 2.75) is 51.9 Å². The summed E-state index contributed by atoms with van der Waals surface area (Å²) in [7, 11) is 1.71. The summed E-state index contributed by atoms with van der Waals surface area (Å²) < 4.78 is 10.7. The van der Waals surface area contributed by atoms with Crippen LogP contribution >= 0.6 is 0 Å². The van der Waals surface area contributed by atoms with Crippen LogP contribution in [0.1, 0.15) is 51.9 Å². The van der Waals surface area contributed by atoms with E-state index >= 15 is 0 Å². The second-order valence-corrected chi connectivity index (χ2v) is 7.20. The Hall–Kier alpha value is -0.810. The molecule has 0 bridgehead atoms. The fraction of sp³-hybridized carbons (Fsp3) is 0.947. The second-order valence-electron chi connectivity index (χ2n) is 7.20. The lowest BCUT2D eigenvalue weighted by molar-refractivity contribution is 0.0536. The first-order valence-electron chi connectivity index (χ1n) is 9.93. The predicted octanol–water partition coefficient (Wildman–Crippen LogP) is 2.91. The van der Waals surface area contributed by atoms with Crippen molar-refractivity contribution in [3.05, 3.63) is 0 Å². The SMILES string of the molecule is CCNC(=NCCCC1CCCC1)N1CCC(COCCOC)C1. The number of rotatable bonds is 10. The van der Waals surface area contributed by atoms with Gasteiger partial charge < -0.3 is 19.7 Å². The Labute approximate surface area is 148 Å². The number of methoxy groups -OCH3 is 1. The van der Waals surface area contributed by atoms with Gasteiger partial charge in [0.15, 0.2) is 5.96 Å². The molecule has 2 aliphatic rings. The van der Waals surface area contributed by atoms with Crippen molar-refractivity contribution < 1.29 is 9.47 Å². The quantitative estimate of drug-likeness (QED) is 0.378. The van der Waals surface area contributed by atoms with Crippen molar-refractivity contribution in [1.82, 2.24) is 10.2 Å².